The molecule has 0 aliphatic heterocycles. The highest BCUT2D eigenvalue weighted by molar-refractivity contribution is 5.89. The van der Waals surface area contributed by atoms with Crippen LogP contribution < -0.4 is 5.73 Å². The Morgan fingerprint density at radius 1 is 1.04 bits per heavy atom. The topological polar surface area (TPSA) is 81.9 Å². The Hall–Kier alpha value is -2.08. The van der Waals surface area contributed by atoms with Crippen molar-refractivity contribution >= 4 is 12.1 Å². The smallest absolute Gasteiger partial charge is 0.411 e. The summed E-state index contributed by atoms with van der Waals surface area (Å²) in [4.78, 5) is 25.6. The second-order valence-electron chi connectivity index (χ2n) is 7.56. The fraction of sp³-hybridized carbons (Fsp3) is 0.556. The normalized spacial score (nSPS) is 11.8. The van der Waals surface area contributed by atoms with Crippen LogP contribution in [-0.4, -0.2) is 34.8 Å². The SMILES string of the molecule is CC(C)(C)OC(=O)c1cccc(CN(CN)C(=O)OC(C)(C)C)c1. The molecule has 0 radical (unpaired) electrons. The lowest BCUT2D eigenvalue weighted by molar-refractivity contribution is 0.00692. The molecule has 1 amide bonds. The van der Waals surface area contributed by atoms with E-state index in [2.05, 4.69) is 0 Å². The number of nitrogens with zero attached hydrogens (tertiary/aromatic N) is 1. The van der Waals surface area contributed by atoms with Gasteiger partial charge in [0.2, 0.25) is 0 Å². The molecule has 0 fully saturated rings. The quantitative estimate of drug-likeness (QED) is 0.674. The predicted octanol–water partition coefficient (Wildman–Crippen LogP) is 3.30. The highest BCUT2D eigenvalue weighted by Gasteiger charge is 2.22. The average molecular weight is 336 g/mol. The summed E-state index contributed by atoms with van der Waals surface area (Å²) in [5.41, 5.74) is 5.70. The Labute approximate surface area is 143 Å². The van der Waals surface area contributed by atoms with Crippen molar-refractivity contribution in [1.29, 1.82) is 0 Å². The number of amides is 1. The van der Waals surface area contributed by atoms with E-state index in [1.165, 1.54) is 4.90 Å². The summed E-state index contributed by atoms with van der Waals surface area (Å²) in [5, 5.41) is 0. The maximum absolute atomic E-state index is 12.1. The van der Waals surface area contributed by atoms with Crippen molar-refractivity contribution in [1.82, 2.24) is 4.90 Å². The minimum absolute atomic E-state index is 0.0194. The third kappa shape index (κ3) is 7.00. The van der Waals surface area contributed by atoms with Crippen LogP contribution in [0.1, 0.15) is 57.5 Å². The van der Waals surface area contributed by atoms with Crippen LogP contribution >= 0.6 is 0 Å². The van der Waals surface area contributed by atoms with Crippen molar-refractivity contribution < 1.29 is 19.1 Å². The number of benzene rings is 1. The Kier molecular flexibility index (Phi) is 6.37. The number of nitrogens with two attached hydrogens (primary N) is 1. The molecule has 0 atom stereocenters. The van der Waals surface area contributed by atoms with Gasteiger partial charge in [-0.25, -0.2) is 9.59 Å². The van der Waals surface area contributed by atoms with Gasteiger partial charge in [-0.05, 0) is 59.2 Å². The molecule has 0 saturated heterocycles. The number of rotatable bonds is 4. The van der Waals surface area contributed by atoms with Crippen molar-refractivity contribution in [3.8, 4) is 0 Å². The van der Waals surface area contributed by atoms with Gasteiger partial charge in [-0.15, -0.1) is 0 Å². The first-order chi connectivity index (χ1) is 10.9. The van der Waals surface area contributed by atoms with Gasteiger partial charge in [-0.1, -0.05) is 12.1 Å². The Morgan fingerprint density at radius 2 is 1.62 bits per heavy atom. The highest BCUT2D eigenvalue weighted by atomic mass is 16.6. The van der Waals surface area contributed by atoms with Crippen LogP contribution in [0.4, 0.5) is 4.79 Å². The van der Waals surface area contributed by atoms with E-state index in [4.69, 9.17) is 15.2 Å². The molecule has 0 spiro atoms. The van der Waals surface area contributed by atoms with Gasteiger partial charge in [0.1, 0.15) is 11.2 Å². The van der Waals surface area contributed by atoms with Gasteiger partial charge in [-0.2, -0.15) is 0 Å². The zero-order valence-corrected chi connectivity index (χ0v) is 15.4. The maximum atomic E-state index is 12.1. The average Bonchev–Trinajstić information content (AvgIpc) is 2.41. The fourth-order valence-electron chi connectivity index (χ4n) is 1.88. The molecule has 0 aliphatic carbocycles. The van der Waals surface area contributed by atoms with Gasteiger partial charge in [0, 0.05) is 0 Å². The third-order valence-electron chi connectivity index (χ3n) is 2.81. The van der Waals surface area contributed by atoms with E-state index in [1.807, 2.05) is 26.8 Å². The lowest BCUT2D eigenvalue weighted by atomic mass is 10.1. The van der Waals surface area contributed by atoms with Gasteiger partial charge in [-0.3, -0.25) is 4.90 Å². The summed E-state index contributed by atoms with van der Waals surface area (Å²) in [7, 11) is 0. The fourth-order valence-corrected chi connectivity index (χ4v) is 1.88. The monoisotopic (exact) mass is 336 g/mol. The molecule has 0 unspecified atom stereocenters. The van der Waals surface area contributed by atoms with E-state index in [9.17, 15) is 9.59 Å². The Bertz CT molecular complexity index is 585. The lowest BCUT2D eigenvalue weighted by Gasteiger charge is -2.26. The summed E-state index contributed by atoms with van der Waals surface area (Å²) in [6.07, 6.45) is -0.493. The highest BCUT2D eigenvalue weighted by Crippen LogP contribution is 2.16. The number of esters is 1. The van der Waals surface area contributed by atoms with Gasteiger partial charge in [0.25, 0.3) is 0 Å². The van der Waals surface area contributed by atoms with Crippen LogP contribution in [0.5, 0.6) is 0 Å². The van der Waals surface area contributed by atoms with E-state index in [0.717, 1.165) is 5.56 Å². The number of hydrogen-bond acceptors (Lipinski definition) is 5. The first-order valence-electron chi connectivity index (χ1n) is 7.91. The molecule has 0 bridgehead atoms. The summed E-state index contributed by atoms with van der Waals surface area (Å²) < 4.78 is 10.7. The van der Waals surface area contributed by atoms with E-state index in [1.54, 1.807) is 39.0 Å². The van der Waals surface area contributed by atoms with Gasteiger partial charge >= 0.3 is 12.1 Å². The summed E-state index contributed by atoms with van der Waals surface area (Å²) in [6, 6.07) is 6.94. The number of hydrogen-bond donors (Lipinski definition) is 1. The summed E-state index contributed by atoms with van der Waals surface area (Å²) in [6.45, 7) is 11.1. The molecule has 0 heterocycles. The molecular weight excluding hydrogens is 308 g/mol. The van der Waals surface area contributed by atoms with Crippen LogP contribution in [0.3, 0.4) is 0 Å². The minimum Gasteiger partial charge on any atom is -0.456 e. The van der Waals surface area contributed by atoms with Crippen molar-refractivity contribution in [3.05, 3.63) is 35.4 Å². The Morgan fingerprint density at radius 3 is 2.12 bits per heavy atom. The van der Waals surface area contributed by atoms with Crippen molar-refractivity contribution in [2.24, 2.45) is 5.73 Å². The molecule has 0 aromatic heterocycles. The lowest BCUT2D eigenvalue weighted by Crippen LogP contribution is -2.39. The first kappa shape index (κ1) is 20.0. The first-order valence-corrected chi connectivity index (χ1v) is 7.91. The number of ether oxygens (including phenoxy) is 2. The molecule has 2 N–H and O–H groups in total. The molecule has 1 aromatic rings. The Balaban J connectivity index is 2.85. The van der Waals surface area contributed by atoms with Crippen LogP contribution in [0.15, 0.2) is 24.3 Å². The molecule has 1 aromatic carbocycles. The van der Waals surface area contributed by atoms with E-state index >= 15 is 0 Å². The van der Waals surface area contributed by atoms with Crippen LogP contribution in [-0.2, 0) is 16.0 Å². The third-order valence-corrected chi connectivity index (χ3v) is 2.81. The predicted molar refractivity (Wildman–Crippen MR) is 92.4 cm³/mol. The van der Waals surface area contributed by atoms with Crippen LogP contribution in [0.25, 0.3) is 0 Å². The standard InChI is InChI=1S/C18H28N2O4/c1-17(2,3)23-15(21)14-9-7-8-13(10-14)11-20(12-19)16(22)24-18(4,5)6/h7-10H,11-12,19H2,1-6H3. The summed E-state index contributed by atoms with van der Waals surface area (Å²) >= 11 is 0. The largest absolute Gasteiger partial charge is 0.456 e. The molecule has 0 aliphatic rings. The molecule has 24 heavy (non-hydrogen) atoms. The maximum Gasteiger partial charge on any atom is 0.411 e. The molecule has 1 rings (SSSR count). The second-order valence-corrected chi connectivity index (χ2v) is 7.56. The van der Waals surface area contributed by atoms with Crippen molar-refractivity contribution in [2.45, 2.75) is 59.3 Å². The zero-order chi connectivity index (χ0) is 18.5. The van der Waals surface area contributed by atoms with Gasteiger partial charge < -0.3 is 15.2 Å². The van der Waals surface area contributed by atoms with Crippen LogP contribution in [0, 0.1) is 0 Å². The number of carbonyl (C=O) groups is 2. The second kappa shape index (κ2) is 7.66. The zero-order valence-electron chi connectivity index (χ0n) is 15.4. The van der Waals surface area contributed by atoms with E-state index < -0.39 is 23.3 Å². The van der Waals surface area contributed by atoms with Crippen LogP contribution in [0.2, 0.25) is 0 Å². The molecule has 134 valence electrons. The molecule has 6 nitrogen and oxygen atoms in total. The molecular formula is C18H28N2O4. The van der Waals surface area contributed by atoms with Crippen molar-refractivity contribution in [3.63, 3.8) is 0 Å². The summed E-state index contributed by atoms with van der Waals surface area (Å²) in [5.74, 6) is -0.402. The van der Waals surface area contributed by atoms with Crippen molar-refractivity contribution in [2.75, 3.05) is 6.67 Å². The van der Waals surface area contributed by atoms with Gasteiger partial charge in [0.15, 0.2) is 0 Å². The number of carbonyl (C=O) groups excluding carboxylic acids is 2. The van der Waals surface area contributed by atoms with E-state index in [0.29, 0.717) is 5.56 Å². The molecule has 0 saturated carbocycles. The van der Waals surface area contributed by atoms with Gasteiger partial charge in [0.05, 0.1) is 18.8 Å². The van der Waals surface area contributed by atoms with E-state index in [-0.39, 0.29) is 13.2 Å². The minimum atomic E-state index is -0.594. The molecule has 6 heteroatoms.